The summed E-state index contributed by atoms with van der Waals surface area (Å²) in [4.78, 5) is 10.9. The van der Waals surface area contributed by atoms with E-state index in [2.05, 4.69) is 5.32 Å². The minimum atomic E-state index is -1.01. The number of nitrogens with one attached hydrogen (secondary N) is 1. The number of benzene rings is 1. The molecule has 6 heteroatoms. The van der Waals surface area contributed by atoms with Gasteiger partial charge >= 0.3 is 5.97 Å². The Kier molecular flexibility index (Phi) is 6.61. The zero-order valence-corrected chi connectivity index (χ0v) is 12.5. The summed E-state index contributed by atoms with van der Waals surface area (Å²) in [7, 11) is 1.56. The largest absolute Gasteiger partial charge is 0.497 e. The second-order valence-corrected chi connectivity index (χ2v) is 5.13. The number of methoxy groups -OCH3 is 1. The number of aliphatic carboxylic acids is 1. The summed E-state index contributed by atoms with van der Waals surface area (Å²) in [5, 5.41) is 31.6. The first-order valence-corrected chi connectivity index (χ1v) is 6.81. The van der Waals surface area contributed by atoms with Gasteiger partial charge in [0.1, 0.15) is 5.75 Å². The van der Waals surface area contributed by atoms with Crippen LogP contribution in [0.15, 0.2) is 18.2 Å². The Morgan fingerprint density at radius 3 is 2.52 bits per heavy atom. The molecule has 0 amide bonds. The number of rotatable bonds is 8. The quantitative estimate of drug-likeness (QED) is 0.568. The summed E-state index contributed by atoms with van der Waals surface area (Å²) in [5.74, 6) is -0.335. The molecule has 4 N–H and O–H groups in total. The smallest absolute Gasteiger partial charge is 0.305 e. The number of hydrogen-bond donors (Lipinski definition) is 4. The summed E-state index contributed by atoms with van der Waals surface area (Å²) in [5.41, 5.74) is 1.45. The molecule has 118 valence electrons. The van der Waals surface area contributed by atoms with E-state index in [4.69, 9.17) is 9.84 Å². The molecule has 1 aromatic rings. The highest BCUT2D eigenvalue weighted by molar-refractivity contribution is 5.67. The summed E-state index contributed by atoms with van der Waals surface area (Å²) in [6.45, 7) is 3.63. The van der Waals surface area contributed by atoms with E-state index in [1.54, 1.807) is 32.2 Å². The van der Waals surface area contributed by atoms with E-state index in [1.807, 2.05) is 6.92 Å². The lowest BCUT2D eigenvalue weighted by Crippen LogP contribution is -2.40. The summed E-state index contributed by atoms with van der Waals surface area (Å²) in [6, 6.07) is 4.55. The number of carbonyl (C=O) groups is 1. The molecule has 3 unspecified atom stereocenters. The summed E-state index contributed by atoms with van der Waals surface area (Å²) < 4.78 is 5.11. The van der Waals surface area contributed by atoms with Gasteiger partial charge in [-0.05, 0) is 37.1 Å². The molecule has 0 aliphatic rings. The van der Waals surface area contributed by atoms with Crippen LogP contribution in [0.4, 0.5) is 0 Å². The molecule has 0 spiro atoms. The fourth-order valence-electron chi connectivity index (χ4n) is 2.13. The maximum Gasteiger partial charge on any atom is 0.305 e. The zero-order valence-electron chi connectivity index (χ0n) is 12.5. The van der Waals surface area contributed by atoms with Gasteiger partial charge in [-0.3, -0.25) is 4.79 Å². The molecule has 0 saturated carbocycles. The van der Waals surface area contributed by atoms with E-state index in [9.17, 15) is 15.0 Å². The van der Waals surface area contributed by atoms with Crippen molar-refractivity contribution < 1.29 is 24.9 Å². The zero-order chi connectivity index (χ0) is 16.0. The third-order valence-corrected chi connectivity index (χ3v) is 3.25. The van der Waals surface area contributed by atoms with Crippen LogP contribution in [-0.4, -0.2) is 47.1 Å². The maximum atomic E-state index is 10.9. The molecule has 0 heterocycles. The number of ether oxygens (including phenoxy) is 1. The predicted octanol–water partition coefficient (Wildman–Crippen LogP) is 0.851. The molecule has 1 aromatic carbocycles. The standard InChI is InChI=1S/C15H23NO5/c1-9-6-11(21-3)4-5-12(9)15(20)13(7-14(18)19)16-8-10(2)17/h4-6,10,13,15-17,20H,7-8H2,1-3H3,(H,18,19). The Hall–Kier alpha value is -1.63. The van der Waals surface area contributed by atoms with Crippen molar-refractivity contribution in [3.05, 3.63) is 29.3 Å². The lowest BCUT2D eigenvalue weighted by Gasteiger charge is -2.25. The van der Waals surface area contributed by atoms with Gasteiger partial charge in [-0.1, -0.05) is 6.07 Å². The first kappa shape index (κ1) is 17.4. The lowest BCUT2D eigenvalue weighted by atomic mass is 9.95. The van der Waals surface area contributed by atoms with E-state index < -0.39 is 24.2 Å². The minimum Gasteiger partial charge on any atom is -0.497 e. The molecule has 0 aromatic heterocycles. The van der Waals surface area contributed by atoms with Crippen LogP contribution < -0.4 is 10.1 Å². The average molecular weight is 297 g/mol. The Balaban J connectivity index is 2.92. The molecule has 0 saturated heterocycles. The second-order valence-electron chi connectivity index (χ2n) is 5.13. The number of carboxylic acids is 1. The highest BCUT2D eigenvalue weighted by atomic mass is 16.5. The van der Waals surface area contributed by atoms with Gasteiger partial charge in [0.25, 0.3) is 0 Å². The van der Waals surface area contributed by atoms with Crippen LogP contribution in [0, 0.1) is 6.92 Å². The number of aliphatic hydroxyl groups is 2. The first-order valence-electron chi connectivity index (χ1n) is 6.81. The van der Waals surface area contributed by atoms with Crippen molar-refractivity contribution >= 4 is 5.97 Å². The summed E-state index contributed by atoms with van der Waals surface area (Å²) in [6.07, 6.45) is -1.84. The minimum absolute atomic E-state index is 0.213. The van der Waals surface area contributed by atoms with Gasteiger partial charge in [0.2, 0.25) is 0 Å². The fraction of sp³-hybridized carbons (Fsp3) is 0.533. The molecule has 3 atom stereocenters. The van der Waals surface area contributed by atoms with Crippen molar-refractivity contribution in [3.63, 3.8) is 0 Å². The van der Waals surface area contributed by atoms with Crippen LogP contribution in [0.25, 0.3) is 0 Å². The lowest BCUT2D eigenvalue weighted by molar-refractivity contribution is -0.138. The van der Waals surface area contributed by atoms with Crippen LogP contribution in [0.2, 0.25) is 0 Å². The number of hydrogen-bond acceptors (Lipinski definition) is 5. The van der Waals surface area contributed by atoms with Gasteiger partial charge < -0.3 is 25.4 Å². The van der Waals surface area contributed by atoms with Crippen LogP contribution in [0.3, 0.4) is 0 Å². The van der Waals surface area contributed by atoms with Crippen LogP contribution >= 0.6 is 0 Å². The predicted molar refractivity (Wildman–Crippen MR) is 78.4 cm³/mol. The van der Waals surface area contributed by atoms with E-state index >= 15 is 0 Å². The van der Waals surface area contributed by atoms with Crippen LogP contribution in [0.5, 0.6) is 5.75 Å². The van der Waals surface area contributed by atoms with E-state index in [0.29, 0.717) is 11.3 Å². The molecule has 1 rings (SSSR count). The first-order chi connectivity index (χ1) is 9.85. The van der Waals surface area contributed by atoms with E-state index in [1.165, 1.54) is 0 Å². The van der Waals surface area contributed by atoms with Gasteiger partial charge in [-0.25, -0.2) is 0 Å². The Labute approximate surface area is 124 Å². The van der Waals surface area contributed by atoms with Gasteiger partial charge in [0.15, 0.2) is 0 Å². The molecule has 21 heavy (non-hydrogen) atoms. The monoisotopic (exact) mass is 297 g/mol. The average Bonchev–Trinajstić information content (AvgIpc) is 2.42. The summed E-state index contributed by atoms with van der Waals surface area (Å²) >= 11 is 0. The molecular weight excluding hydrogens is 274 g/mol. The maximum absolute atomic E-state index is 10.9. The van der Waals surface area contributed by atoms with Gasteiger partial charge in [0.05, 0.1) is 25.7 Å². The highest BCUT2D eigenvalue weighted by Gasteiger charge is 2.25. The molecular formula is C15H23NO5. The topological polar surface area (TPSA) is 99.0 Å². The Bertz CT molecular complexity index is 475. The third-order valence-electron chi connectivity index (χ3n) is 3.25. The van der Waals surface area contributed by atoms with Crippen LogP contribution in [0.1, 0.15) is 30.6 Å². The van der Waals surface area contributed by atoms with Gasteiger partial charge in [0, 0.05) is 12.6 Å². The van der Waals surface area contributed by atoms with Crippen LogP contribution in [-0.2, 0) is 4.79 Å². The molecule has 0 radical (unpaired) electrons. The number of aryl methyl sites for hydroxylation is 1. The Morgan fingerprint density at radius 2 is 2.05 bits per heavy atom. The van der Waals surface area contributed by atoms with Crippen molar-refractivity contribution in [1.82, 2.24) is 5.32 Å². The van der Waals surface area contributed by atoms with Gasteiger partial charge in [-0.2, -0.15) is 0 Å². The number of carboxylic acid groups (broad SMARTS) is 1. The van der Waals surface area contributed by atoms with Crippen molar-refractivity contribution in [3.8, 4) is 5.75 Å². The molecule has 0 aliphatic carbocycles. The molecule has 0 bridgehead atoms. The Morgan fingerprint density at radius 1 is 1.38 bits per heavy atom. The fourth-order valence-corrected chi connectivity index (χ4v) is 2.13. The number of aliphatic hydroxyl groups excluding tert-OH is 2. The van der Waals surface area contributed by atoms with E-state index in [0.717, 1.165) is 5.56 Å². The molecule has 0 aliphatic heterocycles. The SMILES string of the molecule is COc1ccc(C(O)C(CC(=O)O)NCC(C)O)c(C)c1. The second kappa shape index (κ2) is 7.97. The third kappa shape index (κ3) is 5.34. The van der Waals surface area contributed by atoms with Crippen molar-refractivity contribution in [2.24, 2.45) is 0 Å². The highest BCUT2D eigenvalue weighted by Crippen LogP contribution is 2.26. The molecule has 6 nitrogen and oxygen atoms in total. The van der Waals surface area contributed by atoms with Crippen molar-refractivity contribution in [2.45, 2.75) is 38.5 Å². The van der Waals surface area contributed by atoms with E-state index in [-0.39, 0.29) is 13.0 Å². The van der Waals surface area contributed by atoms with Crippen molar-refractivity contribution in [2.75, 3.05) is 13.7 Å². The molecule has 0 fully saturated rings. The van der Waals surface area contributed by atoms with Gasteiger partial charge in [-0.15, -0.1) is 0 Å². The van der Waals surface area contributed by atoms with Crippen molar-refractivity contribution in [1.29, 1.82) is 0 Å². The normalized spacial score (nSPS) is 15.3.